The Kier molecular flexibility index (Phi) is 1.09. The molecule has 2 rings (SSSR count). The molecule has 9 heavy (non-hydrogen) atoms. The molecule has 0 amide bonds. The van der Waals surface area contributed by atoms with E-state index in [-0.39, 0.29) is 5.92 Å². The Hall–Kier alpha value is -0.370. The number of fused-ring (bicyclic) bond motifs is 1. The van der Waals surface area contributed by atoms with Gasteiger partial charge in [-0.15, -0.1) is 0 Å². The zero-order valence-electron chi connectivity index (χ0n) is 5.30. The molecule has 2 nitrogen and oxygen atoms in total. The summed E-state index contributed by atoms with van der Waals surface area (Å²) < 4.78 is 5.24. The van der Waals surface area contributed by atoms with Gasteiger partial charge in [0, 0.05) is 5.92 Å². The molecule has 0 radical (unpaired) electrons. The molecule has 0 N–H and O–H groups in total. The molecule has 1 heterocycles. The fourth-order valence-electron chi connectivity index (χ4n) is 1.79. The molecule has 0 bridgehead atoms. The number of hydrogen-bond donors (Lipinski definition) is 0. The zero-order valence-corrected chi connectivity index (χ0v) is 5.30. The summed E-state index contributed by atoms with van der Waals surface area (Å²) in [6.45, 7) is 0.384. The van der Waals surface area contributed by atoms with E-state index in [1.807, 2.05) is 0 Å². The smallest absolute Gasteiger partial charge is 0.164 e. The molecule has 1 saturated heterocycles. The molecule has 2 fully saturated rings. The molecule has 2 heteroatoms. The Morgan fingerprint density at radius 3 is 3.11 bits per heavy atom. The Morgan fingerprint density at radius 1 is 1.44 bits per heavy atom. The van der Waals surface area contributed by atoms with Gasteiger partial charge in [0.25, 0.3) is 0 Å². The Morgan fingerprint density at radius 2 is 2.33 bits per heavy atom. The first-order valence-corrected chi connectivity index (χ1v) is 3.52. The third kappa shape index (κ3) is 0.697. The van der Waals surface area contributed by atoms with Gasteiger partial charge in [-0.3, -0.25) is 4.79 Å². The summed E-state index contributed by atoms with van der Waals surface area (Å²) in [4.78, 5) is 10.9. The number of ether oxygens (including phenoxy) is 1. The minimum Gasteiger partial charge on any atom is -0.370 e. The molecular formula is C7H10O2. The normalized spacial score (nSPS) is 41.6. The van der Waals surface area contributed by atoms with E-state index in [1.54, 1.807) is 0 Å². The SMILES string of the molecule is O=C1CO[C@H]2CCC[C@@H]12. The van der Waals surface area contributed by atoms with Gasteiger partial charge in [-0.25, -0.2) is 0 Å². The van der Waals surface area contributed by atoms with Gasteiger partial charge in [0.2, 0.25) is 0 Å². The molecule has 2 aliphatic rings. The average molecular weight is 126 g/mol. The van der Waals surface area contributed by atoms with Crippen LogP contribution < -0.4 is 0 Å². The first-order valence-electron chi connectivity index (χ1n) is 3.52. The van der Waals surface area contributed by atoms with Crippen molar-refractivity contribution in [1.82, 2.24) is 0 Å². The number of carbonyl (C=O) groups is 1. The molecule has 0 unspecified atom stereocenters. The molecule has 50 valence electrons. The Bertz CT molecular complexity index is 142. The first kappa shape index (κ1) is 5.42. The highest BCUT2D eigenvalue weighted by Gasteiger charge is 2.38. The molecule has 1 aliphatic heterocycles. The minimum atomic E-state index is 0.282. The minimum absolute atomic E-state index is 0.282. The molecule has 0 aromatic carbocycles. The number of hydrogen-bond acceptors (Lipinski definition) is 2. The van der Waals surface area contributed by atoms with E-state index < -0.39 is 0 Å². The Labute approximate surface area is 54.2 Å². The van der Waals surface area contributed by atoms with Gasteiger partial charge in [-0.05, 0) is 12.8 Å². The molecule has 0 aromatic rings. The van der Waals surface area contributed by atoms with E-state index in [1.165, 1.54) is 6.42 Å². The van der Waals surface area contributed by atoms with Crippen LogP contribution >= 0.6 is 0 Å². The van der Waals surface area contributed by atoms with E-state index in [9.17, 15) is 4.79 Å². The van der Waals surface area contributed by atoms with E-state index in [4.69, 9.17) is 4.74 Å². The summed E-state index contributed by atoms with van der Waals surface area (Å²) in [6.07, 6.45) is 3.67. The second-order valence-corrected chi connectivity index (χ2v) is 2.85. The molecular weight excluding hydrogens is 116 g/mol. The molecule has 1 saturated carbocycles. The zero-order chi connectivity index (χ0) is 6.27. The van der Waals surface area contributed by atoms with Gasteiger partial charge in [-0.2, -0.15) is 0 Å². The summed E-state index contributed by atoms with van der Waals surface area (Å²) in [5, 5.41) is 0. The summed E-state index contributed by atoms with van der Waals surface area (Å²) in [7, 11) is 0. The molecule has 1 aliphatic carbocycles. The van der Waals surface area contributed by atoms with Crippen LogP contribution in [0.3, 0.4) is 0 Å². The van der Waals surface area contributed by atoms with Crippen LogP contribution in [0.15, 0.2) is 0 Å². The highest BCUT2D eigenvalue weighted by molar-refractivity contribution is 5.84. The second-order valence-electron chi connectivity index (χ2n) is 2.85. The predicted molar refractivity (Wildman–Crippen MR) is 32.1 cm³/mol. The third-order valence-corrected chi connectivity index (χ3v) is 2.31. The first-order chi connectivity index (χ1) is 4.38. The van der Waals surface area contributed by atoms with Crippen molar-refractivity contribution in [2.75, 3.05) is 6.61 Å². The lowest BCUT2D eigenvalue weighted by Gasteiger charge is -2.02. The highest BCUT2D eigenvalue weighted by atomic mass is 16.5. The van der Waals surface area contributed by atoms with Crippen molar-refractivity contribution in [1.29, 1.82) is 0 Å². The second kappa shape index (κ2) is 1.81. The van der Waals surface area contributed by atoms with Crippen LogP contribution in [-0.4, -0.2) is 18.5 Å². The average Bonchev–Trinajstić information content (AvgIpc) is 2.35. The van der Waals surface area contributed by atoms with Crippen molar-refractivity contribution in [3.8, 4) is 0 Å². The van der Waals surface area contributed by atoms with Crippen LogP contribution in [0.1, 0.15) is 19.3 Å². The number of carbonyl (C=O) groups excluding carboxylic acids is 1. The van der Waals surface area contributed by atoms with E-state index >= 15 is 0 Å². The van der Waals surface area contributed by atoms with Crippen LogP contribution in [0, 0.1) is 5.92 Å². The number of ketones is 1. The Balaban J connectivity index is 2.15. The van der Waals surface area contributed by atoms with Crippen molar-refractivity contribution < 1.29 is 9.53 Å². The van der Waals surface area contributed by atoms with Crippen LogP contribution in [0.4, 0.5) is 0 Å². The predicted octanol–water partition coefficient (Wildman–Crippen LogP) is 0.754. The van der Waals surface area contributed by atoms with Crippen molar-refractivity contribution in [2.45, 2.75) is 25.4 Å². The summed E-state index contributed by atoms with van der Waals surface area (Å²) in [5.41, 5.74) is 0. The summed E-state index contributed by atoms with van der Waals surface area (Å²) in [6, 6.07) is 0. The maximum atomic E-state index is 10.9. The third-order valence-electron chi connectivity index (χ3n) is 2.31. The van der Waals surface area contributed by atoms with Gasteiger partial charge in [0.15, 0.2) is 5.78 Å². The lowest BCUT2D eigenvalue weighted by atomic mass is 10.0. The van der Waals surface area contributed by atoms with Crippen LogP contribution in [-0.2, 0) is 9.53 Å². The highest BCUT2D eigenvalue weighted by Crippen LogP contribution is 2.33. The summed E-state index contributed by atoms with van der Waals surface area (Å²) in [5.74, 6) is 0.613. The van der Waals surface area contributed by atoms with E-state index in [2.05, 4.69) is 0 Å². The van der Waals surface area contributed by atoms with Crippen molar-refractivity contribution >= 4 is 5.78 Å². The van der Waals surface area contributed by atoms with Crippen molar-refractivity contribution in [3.05, 3.63) is 0 Å². The van der Waals surface area contributed by atoms with Crippen molar-refractivity contribution in [2.24, 2.45) is 5.92 Å². The molecule has 0 aromatic heterocycles. The standard InChI is InChI=1S/C7H10O2/c8-6-4-9-7-3-1-2-5(6)7/h5,7H,1-4H2/t5-,7-/m0/s1. The topological polar surface area (TPSA) is 26.3 Å². The van der Waals surface area contributed by atoms with Crippen LogP contribution in [0.2, 0.25) is 0 Å². The van der Waals surface area contributed by atoms with Crippen LogP contribution in [0.5, 0.6) is 0 Å². The molecule has 0 spiro atoms. The maximum Gasteiger partial charge on any atom is 0.164 e. The largest absolute Gasteiger partial charge is 0.370 e. The fraction of sp³-hybridized carbons (Fsp3) is 0.857. The molecule has 2 atom stereocenters. The quantitative estimate of drug-likeness (QED) is 0.479. The fourth-order valence-corrected chi connectivity index (χ4v) is 1.79. The van der Waals surface area contributed by atoms with Crippen molar-refractivity contribution in [3.63, 3.8) is 0 Å². The van der Waals surface area contributed by atoms with Gasteiger partial charge in [0.1, 0.15) is 6.61 Å². The summed E-state index contributed by atoms with van der Waals surface area (Å²) >= 11 is 0. The van der Waals surface area contributed by atoms with E-state index in [0.29, 0.717) is 18.5 Å². The number of rotatable bonds is 0. The number of Topliss-reactive ketones (excluding diaryl/α,β-unsaturated/α-hetero) is 1. The van der Waals surface area contributed by atoms with Gasteiger partial charge >= 0.3 is 0 Å². The van der Waals surface area contributed by atoms with Gasteiger partial charge < -0.3 is 4.74 Å². The van der Waals surface area contributed by atoms with Crippen LogP contribution in [0.25, 0.3) is 0 Å². The lowest BCUT2D eigenvalue weighted by molar-refractivity contribution is -0.120. The lowest BCUT2D eigenvalue weighted by Crippen LogP contribution is -2.12. The van der Waals surface area contributed by atoms with Gasteiger partial charge in [-0.1, -0.05) is 6.42 Å². The van der Waals surface area contributed by atoms with E-state index in [0.717, 1.165) is 12.8 Å². The van der Waals surface area contributed by atoms with Gasteiger partial charge in [0.05, 0.1) is 6.10 Å². The monoisotopic (exact) mass is 126 g/mol. The maximum absolute atomic E-state index is 10.9.